The minimum Gasteiger partial charge on any atom is -0.377 e. The van der Waals surface area contributed by atoms with Crippen LogP contribution in [0.25, 0.3) is 0 Å². The molecule has 1 saturated heterocycles. The average Bonchev–Trinajstić information content (AvgIpc) is 3.00. The van der Waals surface area contributed by atoms with Crippen molar-refractivity contribution in [3.63, 3.8) is 0 Å². The number of piperidine rings is 1. The van der Waals surface area contributed by atoms with Crippen molar-refractivity contribution < 1.29 is 9.53 Å². The van der Waals surface area contributed by atoms with Crippen molar-refractivity contribution in [1.29, 1.82) is 0 Å². The van der Waals surface area contributed by atoms with E-state index in [1.807, 2.05) is 0 Å². The quantitative estimate of drug-likeness (QED) is 0.712. The van der Waals surface area contributed by atoms with Crippen molar-refractivity contribution in [3.05, 3.63) is 17.0 Å². The van der Waals surface area contributed by atoms with Crippen LogP contribution in [0.4, 0.5) is 0 Å². The van der Waals surface area contributed by atoms with Crippen LogP contribution < -0.4 is 10.6 Å². The fourth-order valence-electron chi connectivity index (χ4n) is 3.39. The largest absolute Gasteiger partial charge is 0.377 e. The molecule has 1 amide bonds. The Bertz CT molecular complexity index is 549. The van der Waals surface area contributed by atoms with Gasteiger partial charge in [-0.3, -0.25) is 9.89 Å². The van der Waals surface area contributed by atoms with Crippen LogP contribution in [-0.4, -0.2) is 65.9 Å². The number of aromatic amines is 1. The third kappa shape index (κ3) is 4.34. The van der Waals surface area contributed by atoms with E-state index in [9.17, 15) is 4.79 Å². The van der Waals surface area contributed by atoms with E-state index in [0.29, 0.717) is 5.69 Å². The number of nitrogens with one attached hydrogen (secondary N) is 3. The maximum Gasteiger partial charge on any atom is 0.272 e. The lowest BCUT2D eigenvalue weighted by Gasteiger charge is -2.32. The van der Waals surface area contributed by atoms with Gasteiger partial charge in [0.05, 0.1) is 12.7 Å². The first-order chi connectivity index (χ1) is 11.6. The smallest absolute Gasteiger partial charge is 0.272 e. The topological polar surface area (TPSA) is 82.3 Å². The number of aromatic nitrogens is 2. The van der Waals surface area contributed by atoms with Gasteiger partial charge < -0.3 is 20.3 Å². The monoisotopic (exact) mass is 335 g/mol. The number of nitrogens with zero attached hydrogens (tertiary/aromatic N) is 2. The fourth-order valence-corrected chi connectivity index (χ4v) is 3.39. The molecule has 1 aromatic rings. The molecule has 3 rings (SSSR count). The van der Waals surface area contributed by atoms with Crippen molar-refractivity contribution in [2.45, 2.75) is 51.8 Å². The Kier molecular flexibility index (Phi) is 5.86. The van der Waals surface area contributed by atoms with Gasteiger partial charge in [-0.25, -0.2) is 0 Å². The molecule has 0 spiro atoms. The van der Waals surface area contributed by atoms with Crippen LogP contribution in [0.2, 0.25) is 0 Å². The number of carbonyl (C=O) groups excluding carboxylic acids is 1. The van der Waals surface area contributed by atoms with Gasteiger partial charge in [-0.15, -0.1) is 0 Å². The molecular weight excluding hydrogens is 306 g/mol. The molecule has 0 aliphatic carbocycles. The molecule has 7 nitrogen and oxygen atoms in total. The van der Waals surface area contributed by atoms with Gasteiger partial charge >= 0.3 is 0 Å². The zero-order valence-corrected chi connectivity index (χ0v) is 14.7. The van der Waals surface area contributed by atoms with Gasteiger partial charge in [0.15, 0.2) is 5.69 Å². The zero-order valence-electron chi connectivity index (χ0n) is 14.7. The van der Waals surface area contributed by atoms with E-state index in [1.54, 1.807) is 0 Å². The van der Waals surface area contributed by atoms with E-state index in [4.69, 9.17) is 4.74 Å². The molecule has 0 atom stereocenters. The molecule has 134 valence electrons. The molecule has 0 saturated carbocycles. The van der Waals surface area contributed by atoms with E-state index in [0.717, 1.165) is 69.9 Å². The second kappa shape index (κ2) is 8.09. The zero-order chi connectivity index (χ0) is 16.9. The predicted octanol–water partition coefficient (Wildman–Crippen LogP) is 0.675. The minimum absolute atomic E-state index is 0.0437. The molecule has 2 aliphatic rings. The molecule has 3 N–H and O–H groups in total. The SMILES string of the molecule is CC(C)OCCN1CCC(NC(=O)c2n[nH]c3c2CNCC3)CC1. The Morgan fingerprint density at radius 3 is 2.96 bits per heavy atom. The number of amides is 1. The first-order valence-corrected chi connectivity index (χ1v) is 9.05. The Balaban J connectivity index is 1.44. The third-order valence-electron chi connectivity index (χ3n) is 4.80. The Labute approximate surface area is 143 Å². The molecule has 1 fully saturated rings. The molecule has 7 heteroatoms. The molecule has 0 radical (unpaired) electrons. The maximum absolute atomic E-state index is 12.5. The van der Waals surface area contributed by atoms with Crippen LogP contribution in [0.3, 0.4) is 0 Å². The number of fused-ring (bicyclic) bond motifs is 1. The van der Waals surface area contributed by atoms with E-state index >= 15 is 0 Å². The lowest BCUT2D eigenvalue weighted by atomic mass is 10.0. The van der Waals surface area contributed by atoms with Crippen LogP contribution in [0.1, 0.15) is 48.4 Å². The summed E-state index contributed by atoms with van der Waals surface area (Å²) in [5.41, 5.74) is 2.69. The van der Waals surface area contributed by atoms with Crippen LogP contribution >= 0.6 is 0 Å². The lowest BCUT2D eigenvalue weighted by Crippen LogP contribution is -2.45. The van der Waals surface area contributed by atoms with E-state index < -0.39 is 0 Å². The van der Waals surface area contributed by atoms with Crippen LogP contribution in [-0.2, 0) is 17.7 Å². The second-order valence-electron chi connectivity index (χ2n) is 6.97. The average molecular weight is 335 g/mol. The van der Waals surface area contributed by atoms with Crippen LogP contribution in [0.5, 0.6) is 0 Å². The van der Waals surface area contributed by atoms with Gasteiger partial charge in [0.1, 0.15) is 0 Å². The number of rotatable bonds is 6. The molecule has 24 heavy (non-hydrogen) atoms. The van der Waals surface area contributed by atoms with Gasteiger partial charge in [0.2, 0.25) is 0 Å². The Morgan fingerprint density at radius 2 is 2.21 bits per heavy atom. The second-order valence-corrected chi connectivity index (χ2v) is 6.97. The molecule has 0 bridgehead atoms. The van der Waals surface area contributed by atoms with Crippen LogP contribution in [0.15, 0.2) is 0 Å². The number of hydrogen-bond acceptors (Lipinski definition) is 5. The maximum atomic E-state index is 12.5. The number of H-pyrrole nitrogens is 1. The summed E-state index contributed by atoms with van der Waals surface area (Å²) < 4.78 is 5.61. The van der Waals surface area contributed by atoms with E-state index in [1.165, 1.54) is 0 Å². The van der Waals surface area contributed by atoms with Gasteiger partial charge in [-0.2, -0.15) is 5.10 Å². The molecule has 0 unspecified atom stereocenters. The van der Waals surface area contributed by atoms with Crippen LogP contribution in [0, 0.1) is 0 Å². The summed E-state index contributed by atoms with van der Waals surface area (Å²) >= 11 is 0. The highest BCUT2D eigenvalue weighted by Gasteiger charge is 2.25. The highest BCUT2D eigenvalue weighted by molar-refractivity contribution is 5.94. The van der Waals surface area contributed by atoms with E-state index in [-0.39, 0.29) is 18.1 Å². The summed E-state index contributed by atoms with van der Waals surface area (Å²) in [5, 5.41) is 13.7. The highest BCUT2D eigenvalue weighted by atomic mass is 16.5. The van der Waals surface area contributed by atoms with Crippen molar-refractivity contribution in [1.82, 2.24) is 25.7 Å². The predicted molar refractivity (Wildman–Crippen MR) is 92.0 cm³/mol. The van der Waals surface area contributed by atoms with Gasteiger partial charge in [0.25, 0.3) is 5.91 Å². The molecule has 1 aromatic heterocycles. The fraction of sp³-hybridized carbons (Fsp3) is 0.765. The summed E-state index contributed by atoms with van der Waals surface area (Å²) in [5.74, 6) is -0.0437. The van der Waals surface area contributed by atoms with E-state index in [2.05, 4.69) is 39.6 Å². The number of ether oxygens (including phenoxy) is 1. The summed E-state index contributed by atoms with van der Waals surface area (Å²) in [6.45, 7) is 9.55. The van der Waals surface area contributed by atoms with Crippen molar-refractivity contribution >= 4 is 5.91 Å². The van der Waals surface area contributed by atoms with Gasteiger partial charge in [-0.1, -0.05) is 0 Å². The first-order valence-electron chi connectivity index (χ1n) is 9.05. The minimum atomic E-state index is -0.0437. The van der Waals surface area contributed by atoms with Crippen molar-refractivity contribution in [2.24, 2.45) is 0 Å². The first kappa shape index (κ1) is 17.4. The third-order valence-corrected chi connectivity index (χ3v) is 4.80. The normalized spacial score (nSPS) is 19.5. The number of likely N-dealkylation sites (tertiary alicyclic amines) is 1. The molecule has 3 heterocycles. The van der Waals surface area contributed by atoms with Crippen molar-refractivity contribution in [3.8, 4) is 0 Å². The van der Waals surface area contributed by atoms with Gasteiger partial charge in [0, 0.05) is 56.4 Å². The molecule has 0 aromatic carbocycles. The number of hydrogen-bond donors (Lipinski definition) is 3. The summed E-state index contributed by atoms with van der Waals surface area (Å²) in [6, 6.07) is 0.240. The Hall–Kier alpha value is -1.44. The number of carbonyl (C=O) groups is 1. The van der Waals surface area contributed by atoms with Gasteiger partial charge in [-0.05, 0) is 26.7 Å². The summed E-state index contributed by atoms with van der Waals surface area (Å²) in [4.78, 5) is 14.9. The highest BCUT2D eigenvalue weighted by Crippen LogP contribution is 2.16. The standard InChI is InChI=1S/C17H29N5O2/c1-12(2)24-10-9-22-7-4-13(5-8-22)19-17(23)16-14-11-18-6-3-15(14)20-21-16/h12-13,18H,3-11H2,1-2H3,(H,19,23)(H,20,21). The molecule has 2 aliphatic heterocycles. The van der Waals surface area contributed by atoms with Crippen molar-refractivity contribution in [2.75, 3.05) is 32.8 Å². The summed E-state index contributed by atoms with van der Waals surface area (Å²) in [6.07, 6.45) is 3.17. The Morgan fingerprint density at radius 1 is 1.42 bits per heavy atom. The lowest BCUT2D eigenvalue weighted by molar-refractivity contribution is 0.0520. The summed E-state index contributed by atoms with van der Waals surface area (Å²) in [7, 11) is 0. The molecular formula is C17H29N5O2.